The van der Waals surface area contributed by atoms with Crippen molar-refractivity contribution in [1.29, 1.82) is 0 Å². The highest BCUT2D eigenvalue weighted by atomic mass is 32.2. The molecule has 1 atom stereocenters. The zero-order valence-electron chi connectivity index (χ0n) is 10.3. The first-order chi connectivity index (χ1) is 9.28. The number of aromatic amines is 1. The molecule has 0 spiro atoms. The van der Waals surface area contributed by atoms with Gasteiger partial charge in [0.2, 0.25) is 5.91 Å². The summed E-state index contributed by atoms with van der Waals surface area (Å²) in [6.45, 7) is 0. The topological polar surface area (TPSA) is 57.8 Å². The average Bonchev–Trinajstić information content (AvgIpc) is 2.82. The van der Waals surface area contributed by atoms with E-state index in [1.54, 1.807) is 29.7 Å². The minimum atomic E-state index is 0.0127. The first kappa shape index (κ1) is 12.6. The molecule has 1 aliphatic rings. The van der Waals surface area contributed by atoms with Crippen molar-refractivity contribution in [2.45, 2.75) is 10.1 Å². The van der Waals surface area contributed by atoms with Crippen molar-refractivity contribution < 1.29 is 4.79 Å². The monoisotopic (exact) mass is 291 g/mol. The number of nitrogens with zero attached hydrogens (tertiary/aromatic N) is 1. The number of H-pyrrole nitrogens is 1. The van der Waals surface area contributed by atoms with E-state index < -0.39 is 0 Å². The Morgan fingerprint density at radius 1 is 1.37 bits per heavy atom. The van der Waals surface area contributed by atoms with Crippen LogP contribution in [-0.4, -0.2) is 28.1 Å². The summed E-state index contributed by atoms with van der Waals surface area (Å²) in [6.07, 6.45) is 3.85. The molecule has 1 unspecified atom stereocenters. The number of hydrogen-bond donors (Lipinski definition) is 2. The molecular formula is C13H13N3OS2. The Hall–Kier alpha value is -1.40. The Bertz CT molecular complexity index is 594. The normalized spacial score (nSPS) is 18.6. The van der Waals surface area contributed by atoms with Crippen LogP contribution >= 0.6 is 23.5 Å². The van der Waals surface area contributed by atoms with Gasteiger partial charge in [-0.3, -0.25) is 9.89 Å². The number of amides is 1. The van der Waals surface area contributed by atoms with E-state index >= 15 is 0 Å². The summed E-state index contributed by atoms with van der Waals surface area (Å²) >= 11 is 3.35. The number of anilines is 1. The van der Waals surface area contributed by atoms with Gasteiger partial charge in [0.05, 0.1) is 17.2 Å². The van der Waals surface area contributed by atoms with Gasteiger partial charge in [-0.05, 0) is 24.0 Å². The van der Waals surface area contributed by atoms with Crippen molar-refractivity contribution in [2.24, 2.45) is 0 Å². The second-order valence-corrected chi connectivity index (χ2v) is 6.19. The molecule has 2 aromatic rings. The number of rotatable bonds is 2. The molecule has 98 valence electrons. The minimum absolute atomic E-state index is 0.0127. The maximum absolute atomic E-state index is 11.6. The SMILES string of the molecule is CSc1ccc(C2SCC(=O)Nc3[nH]ncc32)cc1. The third-order valence-corrected chi connectivity index (χ3v) is 5.05. The number of benzene rings is 1. The van der Waals surface area contributed by atoms with Gasteiger partial charge >= 0.3 is 0 Å². The molecule has 1 aliphatic heterocycles. The number of thioether (sulfide) groups is 2. The van der Waals surface area contributed by atoms with Crippen LogP contribution in [0.5, 0.6) is 0 Å². The summed E-state index contributed by atoms with van der Waals surface area (Å²) in [7, 11) is 0. The lowest BCUT2D eigenvalue weighted by Gasteiger charge is -2.13. The van der Waals surface area contributed by atoms with E-state index in [0.29, 0.717) is 11.6 Å². The van der Waals surface area contributed by atoms with E-state index in [2.05, 4.69) is 46.0 Å². The Morgan fingerprint density at radius 2 is 2.16 bits per heavy atom. The fourth-order valence-electron chi connectivity index (χ4n) is 2.07. The van der Waals surface area contributed by atoms with Gasteiger partial charge in [0.15, 0.2) is 0 Å². The fourth-order valence-corrected chi connectivity index (χ4v) is 3.58. The predicted molar refractivity (Wildman–Crippen MR) is 79.7 cm³/mol. The fraction of sp³-hybridized carbons (Fsp3) is 0.231. The van der Waals surface area contributed by atoms with Gasteiger partial charge in [-0.2, -0.15) is 5.10 Å². The largest absolute Gasteiger partial charge is 0.310 e. The van der Waals surface area contributed by atoms with Crippen LogP contribution in [0.2, 0.25) is 0 Å². The maximum Gasteiger partial charge on any atom is 0.235 e. The van der Waals surface area contributed by atoms with Crippen LogP contribution in [0.3, 0.4) is 0 Å². The Balaban J connectivity index is 1.98. The smallest absolute Gasteiger partial charge is 0.235 e. The molecule has 1 aromatic heterocycles. The van der Waals surface area contributed by atoms with Gasteiger partial charge < -0.3 is 5.32 Å². The van der Waals surface area contributed by atoms with E-state index in [9.17, 15) is 4.79 Å². The van der Waals surface area contributed by atoms with Crippen molar-refractivity contribution in [3.63, 3.8) is 0 Å². The third-order valence-electron chi connectivity index (χ3n) is 3.02. The average molecular weight is 291 g/mol. The molecule has 1 amide bonds. The molecule has 2 heterocycles. The van der Waals surface area contributed by atoms with Crippen LogP contribution in [0.25, 0.3) is 0 Å². The van der Waals surface area contributed by atoms with Crippen molar-refractivity contribution in [2.75, 3.05) is 17.3 Å². The molecule has 4 nitrogen and oxygen atoms in total. The highest BCUT2D eigenvalue weighted by Gasteiger charge is 2.25. The minimum Gasteiger partial charge on any atom is -0.310 e. The lowest BCUT2D eigenvalue weighted by Crippen LogP contribution is -2.12. The predicted octanol–water partition coefficient (Wildman–Crippen LogP) is 2.91. The standard InChI is InChI=1S/C13H13N3OS2/c1-18-9-4-2-8(3-5-9)12-10-6-14-16-13(10)15-11(17)7-19-12/h2-6,12H,7H2,1H3,(H2,14,15,16,17). The highest BCUT2D eigenvalue weighted by molar-refractivity contribution is 8.00. The molecule has 0 saturated carbocycles. The van der Waals surface area contributed by atoms with Crippen LogP contribution in [-0.2, 0) is 4.79 Å². The summed E-state index contributed by atoms with van der Waals surface area (Å²) in [5.74, 6) is 1.19. The number of nitrogens with one attached hydrogen (secondary N) is 2. The number of fused-ring (bicyclic) bond motifs is 1. The van der Waals surface area contributed by atoms with Gasteiger partial charge in [0.25, 0.3) is 0 Å². The van der Waals surface area contributed by atoms with Crippen molar-refractivity contribution >= 4 is 35.2 Å². The zero-order chi connectivity index (χ0) is 13.2. The van der Waals surface area contributed by atoms with Gasteiger partial charge in [-0.15, -0.1) is 23.5 Å². The van der Waals surface area contributed by atoms with E-state index in [4.69, 9.17) is 0 Å². The lowest BCUT2D eigenvalue weighted by molar-refractivity contribution is -0.113. The molecule has 1 aromatic carbocycles. The Kier molecular flexibility index (Phi) is 3.52. The molecular weight excluding hydrogens is 278 g/mol. The molecule has 3 rings (SSSR count). The van der Waals surface area contributed by atoms with Crippen LogP contribution in [0.1, 0.15) is 16.4 Å². The number of carbonyl (C=O) groups excluding carboxylic acids is 1. The first-order valence-corrected chi connectivity index (χ1v) is 8.14. The molecule has 0 radical (unpaired) electrons. The van der Waals surface area contributed by atoms with Crippen molar-refractivity contribution in [3.05, 3.63) is 41.6 Å². The first-order valence-electron chi connectivity index (χ1n) is 5.86. The molecule has 2 N–H and O–H groups in total. The van der Waals surface area contributed by atoms with Crippen LogP contribution in [0.15, 0.2) is 35.4 Å². The van der Waals surface area contributed by atoms with Crippen molar-refractivity contribution in [1.82, 2.24) is 10.2 Å². The summed E-state index contributed by atoms with van der Waals surface area (Å²) in [5.41, 5.74) is 2.23. The Morgan fingerprint density at radius 3 is 2.89 bits per heavy atom. The molecule has 6 heteroatoms. The van der Waals surface area contributed by atoms with Gasteiger partial charge in [0, 0.05) is 10.5 Å². The van der Waals surface area contributed by atoms with Crippen LogP contribution in [0.4, 0.5) is 5.82 Å². The van der Waals surface area contributed by atoms with Gasteiger partial charge in [-0.1, -0.05) is 12.1 Å². The molecule has 0 fully saturated rings. The van der Waals surface area contributed by atoms with Crippen molar-refractivity contribution in [3.8, 4) is 0 Å². The number of carbonyl (C=O) groups is 1. The summed E-state index contributed by atoms with van der Waals surface area (Å²) in [6, 6.07) is 8.47. The van der Waals surface area contributed by atoms with Crippen LogP contribution in [0, 0.1) is 0 Å². The second kappa shape index (κ2) is 5.30. The summed E-state index contributed by atoms with van der Waals surface area (Å²) in [5, 5.41) is 9.87. The second-order valence-electron chi connectivity index (χ2n) is 4.21. The van der Waals surface area contributed by atoms with E-state index in [0.717, 1.165) is 5.56 Å². The third kappa shape index (κ3) is 2.50. The van der Waals surface area contributed by atoms with E-state index in [1.165, 1.54) is 10.5 Å². The zero-order valence-corrected chi connectivity index (χ0v) is 12.0. The lowest BCUT2D eigenvalue weighted by atomic mass is 10.1. The molecule has 0 saturated heterocycles. The van der Waals surface area contributed by atoms with Crippen LogP contribution < -0.4 is 5.32 Å². The highest BCUT2D eigenvalue weighted by Crippen LogP contribution is 2.40. The summed E-state index contributed by atoms with van der Waals surface area (Å²) in [4.78, 5) is 12.9. The van der Waals surface area contributed by atoms with Gasteiger partial charge in [0.1, 0.15) is 5.82 Å². The van der Waals surface area contributed by atoms with E-state index in [-0.39, 0.29) is 11.2 Å². The summed E-state index contributed by atoms with van der Waals surface area (Å²) < 4.78 is 0. The molecule has 0 bridgehead atoms. The molecule has 19 heavy (non-hydrogen) atoms. The van der Waals surface area contributed by atoms with E-state index in [1.807, 2.05) is 0 Å². The van der Waals surface area contributed by atoms with Gasteiger partial charge in [-0.25, -0.2) is 0 Å². The quantitative estimate of drug-likeness (QED) is 0.835. The maximum atomic E-state index is 11.6. The Labute approximate surface area is 119 Å². The number of aromatic nitrogens is 2. The number of hydrogen-bond acceptors (Lipinski definition) is 4. The molecule has 0 aliphatic carbocycles.